The van der Waals surface area contributed by atoms with Crippen LogP contribution in [0.15, 0.2) is 30.6 Å². The van der Waals surface area contributed by atoms with Gasteiger partial charge in [-0.3, -0.25) is 4.98 Å². The lowest BCUT2D eigenvalue weighted by atomic mass is 9.78. The van der Waals surface area contributed by atoms with Crippen molar-refractivity contribution in [2.75, 3.05) is 5.32 Å². The Bertz CT molecular complexity index is 657. The van der Waals surface area contributed by atoms with Crippen LogP contribution in [-0.4, -0.2) is 21.0 Å². The molecule has 2 heterocycles. The second kappa shape index (κ2) is 8.10. The van der Waals surface area contributed by atoms with E-state index in [0.717, 1.165) is 42.3 Å². The third-order valence-corrected chi connectivity index (χ3v) is 4.49. The van der Waals surface area contributed by atoms with Crippen LogP contribution in [0.25, 0.3) is 0 Å². The van der Waals surface area contributed by atoms with Gasteiger partial charge in [0.25, 0.3) is 0 Å². The van der Waals surface area contributed by atoms with Gasteiger partial charge in [-0.15, -0.1) is 24.8 Å². The number of hydrogen-bond donors (Lipinski definition) is 2. The van der Waals surface area contributed by atoms with Gasteiger partial charge in [0.05, 0.1) is 0 Å². The van der Waals surface area contributed by atoms with Crippen LogP contribution in [0.5, 0.6) is 0 Å². The van der Waals surface area contributed by atoms with E-state index in [0.29, 0.717) is 17.9 Å². The molecule has 0 saturated heterocycles. The SMILES string of the molecule is Cl.Cl.NC1CC(c2cc(NCc3cccnc3)nc(C3CC3)n2)C1. The minimum atomic E-state index is 0. The van der Waals surface area contributed by atoms with E-state index >= 15 is 0 Å². The van der Waals surface area contributed by atoms with Crippen molar-refractivity contribution in [3.8, 4) is 0 Å². The summed E-state index contributed by atoms with van der Waals surface area (Å²) in [6, 6.07) is 6.46. The van der Waals surface area contributed by atoms with E-state index in [2.05, 4.69) is 22.4 Å². The molecule has 7 heteroatoms. The lowest BCUT2D eigenvalue weighted by Crippen LogP contribution is -2.35. The van der Waals surface area contributed by atoms with Gasteiger partial charge >= 0.3 is 0 Å². The number of nitrogens with one attached hydrogen (secondary N) is 1. The highest BCUT2D eigenvalue weighted by molar-refractivity contribution is 5.85. The van der Waals surface area contributed by atoms with Crippen LogP contribution in [0, 0.1) is 0 Å². The number of anilines is 1. The molecule has 2 saturated carbocycles. The Hall–Kier alpha value is -1.43. The second-order valence-corrected chi connectivity index (χ2v) is 6.45. The van der Waals surface area contributed by atoms with Crippen LogP contribution in [0.3, 0.4) is 0 Å². The van der Waals surface area contributed by atoms with E-state index in [4.69, 9.17) is 15.7 Å². The van der Waals surface area contributed by atoms with Crippen LogP contribution in [0.4, 0.5) is 5.82 Å². The standard InChI is InChI=1S/C17H21N5.2ClH/c18-14-6-13(7-14)15-8-16(22-17(21-15)12-3-4-12)20-10-11-2-1-5-19-9-11;;/h1-2,5,8-9,12-14H,3-4,6-7,10,18H2,(H,20,21,22);2*1H. The summed E-state index contributed by atoms with van der Waals surface area (Å²) in [4.78, 5) is 13.6. The Kier molecular flexibility index (Phi) is 6.38. The van der Waals surface area contributed by atoms with Crippen molar-refractivity contribution < 1.29 is 0 Å². The van der Waals surface area contributed by atoms with Crippen molar-refractivity contribution in [3.05, 3.63) is 47.7 Å². The maximum absolute atomic E-state index is 5.92. The number of hydrogen-bond acceptors (Lipinski definition) is 5. The number of halogens is 2. The summed E-state index contributed by atoms with van der Waals surface area (Å²) in [6.45, 7) is 0.735. The van der Waals surface area contributed by atoms with Crippen LogP contribution < -0.4 is 11.1 Å². The van der Waals surface area contributed by atoms with Crippen LogP contribution in [-0.2, 0) is 6.54 Å². The highest BCUT2D eigenvalue weighted by atomic mass is 35.5. The summed E-state index contributed by atoms with van der Waals surface area (Å²) in [7, 11) is 0. The molecule has 0 atom stereocenters. The number of nitrogens with two attached hydrogens (primary N) is 1. The van der Waals surface area contributed by atoms with Gasteiger partial charge in [0.15, 0.2) is 0 Å². The van der Waals surface area contributed by atoms with E-state index in [-0.39, 0.29) is 24.8 Å². The second-order valence-electron chi connectivity index (χ2n) is 6.45. The van der Waals surface area contributed by atoms with Gasteiger partial charge in [-0.25, -0.2) is 9.97 Å². The normalized spacial score (nSPS) is 21.9. The molecule has 2 aromatic rings. The molecule has 0 aromatic carbocycles. The van der Waals surface area contributed by atoms with Crippen molar-refractivity contribution in [3.63, 3.8) is 0 Å². The monoisotopic (exact) mass is 367 g/mol. The minimum Gasteiger partial charge on any atom is -0.366 e. The van der Waals surface area contributed by atoms with Gasteiger partial charge in [-0.1, -0.05) is 6.07 Å². The molecule has 2 aromatic heterocycles. The first kappa shape index (κ1) is 18.9. The van der Waals surface area contributed by atoms with E-state index in [1.807, 2.05) is 12.3 Å². The molecule has 5 nitrogen and oxygen atoms in total. The summed E-state index contributed by atoms with van der Waals surface area (Å²) in [6.07, 6.45) is 8.19. The number of pyridine rings is 1. The topological polar surface area (TPSA) is 76.7 Å². The van der Waals surface area contributed by atoms with Gasteiger partial charge < -0.3 is 11.1 Å². The third kappa shape index (κ3) is 4.35. The Morgan fingerprint density at radius 2 is 1.92 bits per heavy atom. The fourth-order valence-corrected chi connectivity index (χ4v) is 2.91. The summed E-state index contributed by atoms with van der Waals surface area (Å²) in [5, 5.41) is 3.42. The molecule has 0 unspecified atom stereocenters. The summed E-state index contributed by atoms with van der Waals surface area (Å²) in [5.74, 6) is 3.00. The number of nitrogens with zero attached hydrogens (tertiary/aromatic N) is 3. The molecule has 3 N–H and O–H groups in total. The van der Waals surface area contributed by atoms with E-state index in [1.165, 1.54) is 12.8 Å². The molecule has 0 bridgehead atoms. The lowest BCUT2D eigenvalue weighted by molar-refractivity contribution is 0.344. The summed E-state index contributed by atoms with van der Waals surface area (Å²) >= 11 is 0. The molecule has 2 aliphatic carbocycles. The average Bonchev–Trinajstić information content (AvgIpc) is 3.35. The van der Waals surface area contributed by atoms with Gasteiger partial charge in [0, 0.05) is 48.6 Å². The molecule has 4 rings (SSSR count). The van der Waals surface area contributed by atoms with Crippen molar-refractivity contribution >= 4 is 30.6 Å². The smallest absolute Gasteiger partial charge is 0.134 e. The summed E-state index contributed by atoms with van der Waals surface area (Å²) < 4.78 is 0. The average molecular weight is 368 g/mol. The largest absolute Gasteiger partial charge is 0.366 e. The van der Waals surface area contributed by atoms with Crippen molar-refractivity contribution in [1.82, 2.24) is 15.0 Å². The molecule has 2 aliphatic rings. The Morgan fingerprint density at radius 1 is 1.12 bits per heavy atom. The van der Waals surface area contributed by atoms with Gasteiger partial charge in [-0.2, -0.15) is 0 Å². The van der Waals surface area contributed by atoms with E-state index in [9.17, 15) is 0 Å². The highest BCUT2D eigenvalue weighted by Gasteiger charge is 2.32. The Morgan fingerprint density at radius 3 is 2.54 bits per heavy atom. The molecule has 24 heavy (non-hydrogen) atoms. The zero-order valence-electron chi connectivity index (χ0n) is 13.4. The lowest BCUT2D eigenvalue weighted by Gasteiger charge is -2.32. The third-order valence-electron chi connectivity index (χ3n) is 4.49. The molecular weight excluding hydrogens is 345 g/mol. The van der Waals surface area contributed by atoms with Crippen LogP contribution >= 0.6 is 24.8 Å². The highest BCUT2D eigenvalue weighted by Crippen LogP contribution is 2.41. The maximum Gasteiger partial charge on any atom is 0.134 e. The quantitative estimate of drug-likeness (QED) is 0.846. The first-order chi connectivity index (χ1) is 10.8. The zero-order chi connectivity index (χ0) is 14.9. The molecule has 0 radical (unpaired) electrons. The van der Waals surface area contributed by atoms with Crippen molar-refractivity contribution in [2.45, 2.75) is 50.1 Å². The fraction of sp³-hybridized carbons (Fsp3) is 0.471. The molecular formula is C17H23Cl2N5. The molecule has 2 fully saturated rings. The van der Waals surface area contributed by atoms with Gasteiger partial charge in [0.2, 0.25) is 0 Å². The van der Waals surface area contributed by atoms with Gasteiger partial charge in [0.1, 0.15) is 11.6 Å². The summed E-state index contributed by atoms with van der Waals surface area (Å²) in [5.41, 5.74) is 8.24. The molecule has 0 amide bonds. The number of rotatable bonds is 5. The van der Waals surface area contributed by atoms with E-state index in [1.54, 1.807) is 6.20 Å². The van der Waals surface area contributed by atoms with Crippen molar-refractivity contribution in [1.29, 1.82) is 0 Å². The van der Waals surface area contributed by atoms with Crippen LogP contribution in [0.1, 0.15) is 54.6 Å². The number of aromatic nitrogens is 3. The van der Waals surface area contributed by atoms with Crippen molar-refractivity contribution in [2.24, 2.45) is 5.73 Å². The Balaban J connectivity index is 0.00000104. The molecule has 130 valence electrons. The Labute approximate surface area is 154 Å². The molecule has 0 spiro atoms. The van der Waals surface area contributed by atoms with Gasteiger partial charge in [-0.05, 0) is 37.3 Å². The zero-order valence-corrected chi connectivity index (χ0v) is 15.0. The molecule has 0 aliphatic heterocycles. The van der Waals surface area contributed by atoms with Crippen LogP contribution in [0.2, 0.25) is 0 Å². The predicted molar refractivity (Wildman–Crippen MR) is 100 cm³/mol. The first-order valence-corrected chi connectivity index (χ1v) is 8.05. The first-order valence-electron chi connectivity index (χ1n) is 8.05. The maximum atomic E-state index is 5.92. The fourth-order valence-electron chi connectivity index (χ4n) is 2.91. The predicted octanol–water partition coefficient (Wildman–Crippen LogP) is 3.41. The minimum absolute atomic E-state index is 0. The van der Waals surface area contributed by atoms with E-state index < -0.39 is 0 Å².